The number of rotatable bonds is 7. The number of hydrogen-bond acceptors (Lipinski definition) is 7. The summed E-state index contributed by atoms with van der Waals surface area (Å²) in [6.07, 6.45) is 0.183. The third kappa shape index (κ3) is 4.67. The highest BCUT2D eigenvalue weighted by Gasteiger charge is 2.24. The van der Waals surface area contributed by atoms with Crippen molar-refractivity contribution in [1.29, 1.82) is 0 Å². The number of carbonyl (C=O) groups is 2. The molecule has 3 aromatic rings. The van der Waals surface area contributed by atoms with Crippen molar-refractivity contribution in [2.75, 3.05) is 36.7 Å². The number of nitrogens with one attached hydrogen (secondary N) is 1. The minimum atomic E-state index is -0.193. The predicted molar refractivity (Wildman–Crippen MR) is 123 cm³/mol. The number of anilines is 2. The van der Waals surface area contributed by atoms with E-state index in [-0.39, 0.29) is 18.2 Å². The Morgan fingerprint density at radius 2 is 2.03 bits per heavy atom. The highest BCUT2D eigenvalue weighted by Crippen LogP contribution is 2.36. The van der Waals surface area contributed by atoms with E-state index in [2.05, 4.69) is 10.3 Å². The van der Waals surface area contributed by atoms with Gasteiger partial charge in [-0.25, -0.2) is 4.98 Å². The number of methoxy groups -OCH3 is 2. The van der Waals surface area contributed by atoms with Gasteiger partial charge in [0.2, 0.25) is 11.8 Å². The number of amides is 2. The Hall–Kier alpha value is -3.04. The van der Waals surface area contributed by atoms with E-state index in [0.29, 0.717) is 34.6 Å². The van der Waals surface area contributed by atoms with Gasteiger partial charge in [-0.2, -0.15) is 0 Å². The lowest BCUT2D eigenvalue weighted by molar-refractivity contribution is -0.117. The summed E-state index contributed by atoms with van der Waals surface area (Å²) in [5, 5.41) is 5.18. The van der Waals surface area contributed by atoms with E-state index >= 15 is 0 Å². The van der Waals surface area contributed by atoms with Crippen LogP contribution in [0.4, 0.5) is 10.8 Å². The average Bonchev–Trinajstić information content (AvgIpc) is 3.26. The maximum absolute atomic E-state index is 12.5. The van der Waals surface area contributed by atoms with Gasteiger partial charge in [-0.05, 0) is 30.3 Å². The van der Waals surface area contributed by atoms with Gasteiger partial charge in [0.15, 0.2) is 5.13 Å². The second-order valence-corrected chi connectivity index (χ2v) is 8.58. The molecule has 1 aliphatic rings. The molecule has 31 heavy (non-hydrogen) atoms. The Labute approximate surface area is 188 Å². The summed E-state index contributed by atoms with van der Waals surface area (Å²) in [6, 6.07) is 13.2. The first-order valence-corrected chi connectivity index (χ1v) is 11.5. The van der Waals surface area contributed by atoms with Crippen LogP contribution in [0.2, 0.25) is 0 Å². The lowest BCUT2D eigenvalue weighted by Gasteiger charge is -2.28. The number of ether oxygens (including phenoxy) is 2. The molecule has 0 spiro atoms. The molecule has 1 aliphatic heterocycles. The fourth-order valence-electron chi connectivity index (χ4n) is 3.26. The molecule has 0 aliphatic carbocycles. The highest BCUT2D eigenvalue weighted by molar-refractivity contribution is 8.00. The van der Waals surface area contributed by atoms with E-state index < -0.39 is 0 Å². The Balaban J connectivity index is 1.42. The number of thiazole rings is 1. The van der Waals surface area contributed by atoms with Crippen LogP contribution in [-0.2, 0) is 9.59 Å². The molecular formula is C22H21N3O4S2. The predicted octanol–water partition coefficient (Wildman–Crippen LogP) is 4.29. The van der Waals surface area contributed by atoms with Crippen molar-refractivity contribution < 1.29 is 19.1 Å². The molecule has 0 unspecified atom stereocenters. The first-order chi connectivity index (χ1) is 15.1. The van der Waals surface area contributed by atoms with Gasteiger partial charge in [-0.3, -0.25) is 9.59 Å². The van der Waals surface area contributed by atoms with Crippen molar-refractivity contribution in [3.05, 3.63) is 47.8 Å². The van der Waals surface area contributed by atoms with Gasteiger partial charge < -0.3 is 19.7 Å². The Kier molecular flexibility index (Phi) is 6.43. The van der Waals surface area contributed by atoms with Crippen LogP contribution in [0.1, 0.15) is 6.42 Å². The van der Waals surface area contributed by atoms with Crippen LogP contribution in [-0.4, -0.2) is 43.3 Å². The summed E-state index contributed by atoms with van der Waals surface area (Å²) in [5.74, 6) is 1.57. The van der Waals surface area contributed by atoms with E-state index in [1.807, 2.05) is 47.8 Å². The molecule has 4 rings (SSSR count). The molecule has 0 saturated heterocycles. The minimum Gasteiger partial charge on any atom is -0.497 e. The number of hydrogen-bond donors (Lipinski definition) is 1. The molecule has 0 fully saturated rings. The number of benzene rings is 2. The topological polar surface area (TPSA) is 80.8 Å². The standard InChI is InChI=1S/C22H21N3O4S2/c1-28-14-7-8-18(29-2)15(11-14)16-12-31-22(23-16)24-20(26)9-10-25-17-5-3-4-6-19(17)30-13-21(25)27/h3-8,11-12H,9-10,13H2,1-2H3,(H,23,24,26). The third-order valence-electron chi connectivity index (χ3n) is 4.80. The van der Waals surface area contributed by atoms with Crippen LogP contribution in [0, 0.1) is 0 Å². The van der Waals surface area contributed by atoms with Gasteiger partial charge in [-0.15, -0.1) is 23.1 Å². The lowest BCUT2D eigenvalue weighted by Crippen LogP contribution is -2.37. The van der Waals surface area contributed by atoms with Crippen molar-refractivity contribution >= 4 is 45.7 Å². The maximum atomic E-state index is 12.5. The summed E-state index contributed by atoms with van der Waals surface area (Å²) in [7, 11) is 3.20. The van der Waals surface area contributed by atoms with Crippen LogP contribution in [0.25, 0.3) is 11.3 Å². The fraction of sp³-hybridized carbons (Fsp3) is 0.227. The van der Waals surface area contributed by atoms with Crippen LogP contribution in [0.3, 0.4) is 0 Å². The first kappa shape index (κ1) is 21.2. The summed E-state index contributed by atoms with van der Waals surface area (Å²) in [5.41, 5.74) is 2.33. The molecule has 0 radical (unpaired) electrons. The monoisotopic (exact) mass is 455 g/mol. The van der Waals surface area contributed by atoms with Gasteiger partial charge in [-0.1, -0.05) is 12.1 Å². The van der Waals surface area contributed by atoms with E-state index in [1.165, 1.54) is 23.1 Å². The Bertz CT molecular complexity index is 1120. The van der Waals surface area contributed by atoms with Crippen molar-refractivity contribution in [1.82, 2.24) is 4.98 Å². The second-order valence-electron chi connectivity index (χ2n) is 6.70. The molecular weight excluding hydrogens is 434 g/mol. The molecule has 0 bridgehead atoms. The normalized spacial score (nSPS) is 13.0. The highest BCUT2D eigenvalue weighted by atomic mass is 32.2. The van der Waals surface area contributed by atoms with Crippen molar-refractivity contribution in [3.63, 3.8) is 0 Å². The number of aromatic nitrogens is 1. The number of para-hydroxylation sites is 1. The van der Waals surface area contributed by atoms with Crippen LogP contribution < -0.4 is 19.7 Å². The van der Waals surface area contributed by atoms with E-state index in [9.17, 15) is 9.59 Å². The first-order valence-electron chi connectivity index (χ1n) is 9.59. The van der Waals surface area contributed by atoms with E-state index in [1.54, 1.807) is 19.1 Å². The zero-order valence-electron chi connectivity index (χ0n) is 17.1. The third-order valence-corrected chi connectivity index (χ3v) is 6.61. The summed E-state index contributed by atoms with van der Waals surface area (Å²) in [4.78, 5) is 32.1. The van der Waals surface area contributed by atoms with Gasteiger partial charge in [0.05, 0.1) is 31.4 Å². The Morgan fingerprint density at radius 1 is 1.19 bits per heavy atom. The van der Waals surface area contributed by atoms with Gasteiger partial charge in [0.1, 0.15) is 11.5 Å². The van der Waals surface area contributed by atoms with Crippen molar-refractivity contribution in [2.45, 2.75) is 11.3 Å². The molecule has 1 aromatic heterocycles. The minimum absolute atomic E-state index is 0.0122. The average molecular weight is 456 g/mol. The van der Waals surface area contributed by atoms with Crippen LogP contribution in [0.15, 0.2) is 52.7 Å². The largest absolute Gasteiger partial charge is 0.497 e. The van der Waals surface area contributed by atoms with Gasteiger partial charge in [0, 0.05) is 28.8 Å². The quantitative estimate of drug-likeness (QED) is 0.572. The summed E-state index contributed by atoms with van der Waals surface area (Å²) >= 11 is 2.86. The van der Waals surface area contributed by atoms with Crippen molar-refractivity contribution in [2.24, 2.45) is 0 Å². The van der Waals surface area contributed by atoms with Crippen LogP contribution in [0.5, 0.6) is 11.5 Å². The smallest absolute Gasteiger partial charge is 0.237 e. The second kappa shape index (κ2) is 9.40. The maximum Gasteiger partial charge on any atom is 0.237 e. The molecule has 9 heteroatoms. The number of carbonyl (C=O) groups excluding carboxylic acids is 2. The number of fused-ring (bicyclic) bond motifs is 1. The lowest BCUT2D eigenvalue weighted by atomic mass is 10.1. The molecule has 160 valence electrons. The molecule has 2 heterocycles. The Morgan fingerprint density at radius 3 is 2.84 bits per heavy atom. The zero-order chi connectivity index (χ0) is 21.8. The van der Waals surface area contributed by atoms with E-state index in [0.717, 1.165) is 16.1 Å². The molecule has 2 amide bonds. The molecule has 0 atom stereocenters. The summed E-state index contributed by atoms with van der Waals surface area (Å²) in [6.45, 7) is 0.324. The molecule has 2 aromatic carbocycles. The fourth-order valence-corrected chi connectivity index (χ4v) is 4.93. The van der Waals surface area contributed by atoms with Gasteiger partial charge >= 0.3 is 0 Å². The van der Waals surface area contributed by atoms with Crippen LogP contribution >= 0.6 is 23.1 Å². The SMILES string of the molecule is COc1ccc(OC)c(-c2csc(NC(=O)CCN3C(=O)CSc4ccccc43)n2)c1. The van der Waals surface area contributed by atoms with Crippen molar-refractivity contribution in [3.8, 4) is 22.8 Å². The number of nitrogens with zero attached hydrogens (tertiary/aromatic N) is 2. The summed E-state index contributed by atoms with van der Waals surface area (Å²) < 4.78 is 10.7. The zero-order valence-corrected chi connectivity index (χ0v) is 18.7. The molecule has 7 nitrogen and oxygen atoms in total. The molecule has 1 N–H and O–H groups in total. The molecule has 0 saturated carbocycles. The van der Waals surface area contributed by atoms with E-state index in [4.69, 9.17) is 9.47 Å². The van der Waals surface area contributed by atoms with Gasteiger partial charge in [0.25, 0.3) is 0 Å². The number of thioether (sulfide) groups is 1.